The standard InChI is InChI=1S/C24H24N2O3S/c1-2-21(28)26-15-30-14-19(26)24(29)25-23(17-9-4-3-5-10-17)22-18-11-7-6-8-16(18)12-13-20(22)27/h3-13,19,23,27H,2,14-15H2,1H3,(H,25,29). The minimum absolute atomic E-state index is 0.0237. The molecule has 1 aliphatic heterocycles. The lowest BCUT2D eigenvalue weighted by atomic mass is 9.92. The van der Waals surface area contributed by atoms with Gasteiger partial charge in [0.05, 0.1) is 11.9 Å². The number of phenolic OH excluding ortho intramolecular Hbond substituents is 1. The number of fused-ring (bicyclic) bond motifs is 1. The number of nitrogens with zero attached hydrogens (tertiary/aromatic N) is 1. The lowest BCUT2D eigenvalue weighted by Crippen LogP contribution is -2.48. The smallest absolute Gasteiger partial charge is 0.244 e. The van der Waals surface area contributed by atoms with Gasteiger partial charge in [-0.1, -0.05) is 67.6 Å². The van der Waals surface area contributed by atoms with E-state index in [1.54, 1.807) is 29.7 Å². The Morgan fingerprint density at radius 3 is 2.60 bits per heavy atom. The lowest BCUT2D eigenvalue weighted by molar-refractivity contribution is -0.138. The van der Waals surface area contributed by atoms with Crippen LogP contribution in [0, 0.1) is 0 Å². The number of phenols is 1. The molecule has 6 heteroatoms. The number of hydrogen-bond acceptors (Lipinski definition) is 4. The van der Waals surface area contributed by atoms with Crippen molar-refractivity contribution in [3.8, 4) is 5.75 Å². The van der Waals surface area contributed by atoms with Gasteiger partial charge in [0, 0.05) is 17.7 Å². The Hall–Kier alpha value is -2.99. The number of amides is 2. The van der Waals surface area contributed by atoms with Crippen LogP contribution in [0.1, 0.15) is 30.5 Å². The first kappa shape index (κ1) is 20.3. The molecule has 0 spiro atoms. The third-order valence-corrected chi connectivity index (χ3v) is 6.48. The molecular formula is C24H24N2O3S. The van der Waals surface area contributed by atoms with E-state index in [-0.39, 0.29) is 17.6 Å². The zero-order chi connectivity index (χ0) is 21.1. The summed E-state index contributed by atoms with van der Waals surface area (Å²) in [7, 11) is 0. The van der Waals surface area contributed by atoms with Gasteiger partial charge in [0.25, 0.3) is 0 Å². The van der Waals surface area contributed by atoms with E-state index in [9.17, 15) is 14.7 Å². The van der Waals surface area contributed by atoms with Crippen LogP contribution in [0.25, 0.3) is 10.8 Å². The number of carbonyl (C=O) groups is 2. The van der Waals surface area contributed by atoms with Crippen molar-refractivity contribution in [2.75, 3.05) is 11.6 Å². The predicted molar refractivity (Wildman–Crippen MR) is 120 cm³/mol. The predicted octanol–water partition coefficient (Wildman–Crippen LogP) is 4.06. The van der Waals surface area contributed by atoms with Crippen LogP contribution in [0.15, 0.2) is 66.7 Å². The largest absolute Gasteiger partial charge is 0.508 e. The molecule has 1 saturated heterocycles. The minimum Gasteiger partial charge on any atom is -0.508 e. The molecule has 30 heavy (non-hydrogen) atoms. The van der Waals surface area contributed by atoms with Crippen molar-refractivity contribution in [2.24, 2.45) is 0 Å². The summed E-state index contributed by atoms with van der Waals surface area (Å²) in [6, 6.07) is 19.9. The van der Waals surface area contributed by atoms with Gasteiger partial charge in [-0.25, -0.2) is 0 Å². The van der Waals surface area contributed by atoms with Crippen molar-refractivity contribution in [1.29, 1.82) is 0 Å². The van der Waals surface area contributed by atoms with Gasteiger partial charge in [-0.3, -0.25) is 9.59 Å². The van der Waals surface area contributed by atoms with Crippen LogP contribution in [-0.4, -0.2) is 39.5 Å². The Morgan fingerprint density at radius 2 is 1.83 bits per heavy atom. The van der Waals surface area contributed by atoms with Crippen molar-refractivity contribution in [2.45, 2.75) is 25.4 Å². The summed E-state index contributed by atoms with van der Waals surface area (Å²) in [6.45, 7) is 1.81. The monoisotopic (exact) mass is 420 g/mol. The minimum atomic E-state index is -0.533. The average Bonchev–Trinajstić information content (AvgIpc) is 3.28. The third kappa shape index (κ3) is 3.87. The first-order chi connectivity index (χ1) is 14.6. The van der Waals surface area contributed by atoms with Crippen molar-refractivity contribution in [1.82, 2.24) is 10.2 Å². The van der Waals surface area contributed by atoms with Crippen molar-refractivity contribution >= 4 is 34.3 Å². The molecule has 1 aliphatic rings. The topological polar surface area (TPSA) is 69.6 Å². The number of benzene rings is 3. The fourth-order valence-corrected chi connectivity index (χ4v) is 5.08. The summed E-state index contributed by atoms with van der Waals surface area (Å²) >= 11 is 1.58. The van der Waals surface area contributed by atoms with Crippen molar-refractivity contribution in [3.63, 3.8) is 0 Å². The van der Waals surface area contributed by atoms with E-state index in [1.807, 2.05) is 60.7 Å². The molecule has 2 amide bonds. The molecule has 0 saturated carbocycles. The maximum Gasteiger partial charge on any atom is 0.244 e. The Kier molecular flexibility index (Phi) is 5.95. The average molecular weight is 421 g/mol. The second-order valence-corrected chi connectivity index (χ2v) is 8.30. The van der Waals surface area contributed by atoms with E-state index in [4.69, 9.17) is 0 Å². The number of thioether (sulfide) groups is 1. The van der Waals surface area contributed by atoms with Crippen LogP contribution >= 0.6 is 11.8 Å². The quantitative estimate of drug-likeness (QED) is 0.653. The summed E-state index contributed by atoms with van der Waals surface area (Å²) < 4.78 is 0. The van der Waals surface area contributed by atoms with Crippen molar-refractivity contribution < 1.29 is 14.7 Å². The second kappa shape index (κ2) is 8.79. The summed E-state index contributed by atoms with van der Waals surface area (Å²) in [6.07, 6.45) is 0.372. The number of nitrogens with one attached hydrogen (secondary N) is 1. The summed E-state index contributed by atoms with van der Waals surface area (Å²) in [5.74, 6) is 0.999. The Balaban J connectivity index is 1.75. The van der Waals surface area contributed by atoms with E-state index < -0.39 is 12.1 Å². The van der Waals surface area contributed by atoms with Gasteiger partial charge in [0.15, 0.2) is 0 Å². The van der Waals surface area contributed by atoms with Crippen LogP contribution in [0.5, 0.6) is 5.75 Å². The van der Waals surface area contributed by atoms with Crippen LogP contribution in [0.2, 0.25) is 0 Å². The van der Waals surface area contributed by atoms with Gasteiger partial charge in [0.1, 0.15) is 11.8 Å². The summed E-state index contributed by atoms with van der Waals surface area (Å²) in [5, 5.41) is 15.8. The van der Waals surface area contributed by atoms with E-state index in [1.165, 1.54) is 0 Å². The van der Waals surface area contributed by atoms with Crippen molar-refractivity contribution in [3.05, 3.63) is 77.9 Å². The van der Waals surface area contributed by atoms with Gasteiger partial charge in [0.2, 0.25) is 11.8 Å². The normalized spacial score (nSPS) is 17.1. The molecule has 0 aromatic heterocycles. The zero-order valence-electron chi connectivity index (χ0n) is 16.7. The molecule has 1 fully saturated rings. The van der Waals surface area contributed by atoms with Gasteiger partial charge >= 0.3 is 0 Å². The fourth-order valence-electron chi connectivity index (χ4n) is 3.90. The molecule has 0 bridgehead atoms. The van der Waals surface area contributed by atoms with Crippen LogP contribution in [0.4, 0.5) is 0 Å². The van der Waals surface area contributed by atoms with E-state index in [0.29, 0.717) is 23.6 Å². The fraction of sp³-hybridized carbons (Fsp3) is 0.250. The molecule has 154 valence electrons. The highest BCUT2D eigenvalue weighted by Crippen LogP contribution is 2.36. The second-order valence-electron chi connectivity index (χ2n) is 7.30. The Bertz CT molecular complexity index is 1070. The van der Waals surface area contributed by atoms with E-state index >= 15 is 0 Å². The Morgan fingerprint density at radius 1 is 1.10 bits per heavy atom. The Labute approximate surface area is 180 Å². The van der Waals surface area contributed by atoms with Crippen LogP contribution in [-0.2, 0) is 9.59 Å². The molecule has 3 aromatic carbocycles. The first-order valence-corrected chi connectivity index (χ1v) is 11.2. The maximum atomic E-state index is 13.3. The highest BCUT2D eigenvalue weighted by molar-refractivity contribution is 7.99. The molecule has 0 aliphatic carbocycles. The first-order valence-electron chi connectivity index (χ1n) is 10.0. The van der Waals surface area contributed by atoms with Crippen LogP contribution in [0.3, 0.4) is 0 Å². The van der Waals surface area contributed by atoms with Gasteiger partial charge in [-0.05, 0) is 22.4 Å². The van der Waals surface area contributed by atoms with E-state index in [2.05, 4.69) is 5.32 Å². The third-order valence-electron chi connectivity index (χ3n) is 5.46. The zero-order valence-corrected chi connectivity index (χ0v) is 17.6. The number of carbonyl (C=O) groups excluding carboxylic acids is 2. The molecule has 0 radical (unpaired) electrons. The van der Waals surface area contributed by atoms with Gasteiger partial charge < -0.3 is 15.3 Å². The van der Waals surface area contributed by atoms with Crippen LogP contribution < -0.4 is 5.32 Å². The van der Waals surface area contributed by atoms with Gasteiger partial charge in [-0.2, -0.15) is 0 Å². The number of rotatable bonds is 5. The molecular weight excluding hydrogens is 396 g/mol. The van der Waals surface area contributed by atoms with E-state index in [0.717, 1.165) is 16.3 Å². The molecule has 3 aromatic rings. The number of hydrogen-bond donors (Lipinski definition) is 2. The highest BCUT2D eigenvalue weighted by Gasteiger charge is 2.35. The molecule has 4 rings (SSSR count). The molecule has 2 N–H and O–H groups in total. The molecule has 1 heterocycles. The summed E-state index contributed by atoms with van der Waals surface area (Å²) in [4.78, 5) is 27.2. The lowest BCUT2D eigenvalue weighted by Gasteiger charge is -2.27. The SMILES string of the molecule is CCC(=O)N1CSCC1C(=O)NC(c1ccccc1)c1c(O)ccc2ccccc12. The molecule has 5 nitrogen and oxygen atoms in total. The maximum absolute atomic E-state index is 13.3. The number of aromatic hydroxyl groups is 1. The van der Waals surface area contributed by atoms with Gasteiger partial charge in [-0.15, -0.1) is 11.8 Å². The molecule has 2 unspecified atom stereocenters. The molecule has 2 atom stereocenters. The summed E-state index contributed by atoms with van der Waals surface area (Å²) in [5.41, 5.74) is 1.53. The highest BCUT2D eigenvalue weighted by atomic mass is 32.2.